The van der Waals surface area contributed by atoms with E-state index in [1.165, 1.54) is 12.3 Å². The number of rotatable bonds is 5. The van der Waals surface area contributed by atoms with E-state index in [9.17, 15) is 4.79 Å². The zero-order valence-corrected chi connectivity index (χ0v) is 9.78. The van der Waals surface area contributed by atoms with Gasteiger partial charge >= 0.3 is 5.97 Å². The fraction of sp³-hybridized carbons (Fsp3) is 0.400. The van der Waals surface area contributed by atoms with Gasteiger partial charge in [0.1, 0.15) is 5.82 Å². The molecule has 1 heterocycles. The van der Waals surface area contributed by atoms with Gasteiger partial charge in [-0.25, -0.2) is 9.78 Å². The summed E-state index contributed by atoms with van der Waals surface area (Å²) in [4.78, 5) is 14.8. The van der Waals surface area contributed by atoms with Gasteiger partial charge in [0.25, 0.3) is 0 Å². The molecule has 2 N–H and O–H groups in total. The van der Waals surface area contributed by atoms with Crippen LogP contribution in [0.5, 0.6) is 0 Å². The van der Waals surface area contributed by atoms with Gasteiger partial charge < -0.3 is 15.2 Å². The number of halogens is 1. The van der Waals surface area contributed by atoms with Gasteiger partial charge in [-0.15, -0.1) is 0 Å². The number of ether oxygens (including phenoxy) is 1. The van der Waals surface area contributed by atoms with E-state index < -0.39 is 5.97 Å². The fourth-order valence-electron chi connectivity index (χ4n) is 1.23. The van der Waals surface area contributed by atoms with Crippen LogP contribution < -0.4 is 5.32 Å². The van der Waals surface area contributed by atoms with Crippen LogP contribution in [0.15, 0.2) is 12.3 Å². The monoisotopic (exact) mass is 244 g/mol. The van der Waals surface area contributed by atoms with Crippen LogP contribution in [0.1, 0.15) is 17.3 Å². The van der Waals surface area contributed by atoms with Crippen LogP contribution in [-0.4, -0.2) is 35.8 Å². The van der Waals surface area contributed by atoms with Gasteiger partial charge in [-0.1, -0.05) is 11.6 Å². The van der Waals surface area contributed by atoms with Gasteiger partial charge in [-0.3, -0.25) is 0 Å². The standard InChI is InChI=1S/C10H13ClN2O3/c1-6(5-16-2)13-9-8(11)7(10(14)15)3-4-12-9/h3-4,6H,5H2,1-2H3,(H,12,13)(H,14,15). The lowest BCUT2D eigenvalue weighted by atomic mass is 10.2. The lowest BCUT2D eigenvalue weighted by Gasteiger charge is -2.14. The molecule has 0 saturated carbocycles. The Hall–Kier alpha value is -1.33. The Kier molecular flexibility index (Phi) is 4.52. The Morgan fingerprint density at radius 3 is 3.00 bits per heavy atom. The lowest BCUT2D eigenvalue weighted by molar-refractivity contribution is 0.0697. The van der Waals surface area contributed by atoms with Gasteiger partial charge in [-0.05, 0) is 13.0 Å². The minimum absolute atomic E-state index is 0.000884. The van der Waals surface area contributed by atoms with Gasteiger partial charge in [0, 0.05) is 19.3 Å². The summed E-state index contributed by atoms with van der Waals surface area (Å²) in [6.07, 6.45) is 1.40. The number of carbonyl (C=O) groups is 1. The molecular formula is C10H13ClN2O3. The van der Waals surface area contributed by atoms with Crippen LogP contribution in [0.25, 0.3) is 0 Å². The van der Waals surface area contributed by atoms with Gasteiger partial charge in [0.15, 0.2) is 0 Å². The first-order valence-electron chi connectivity index (χ1n) is 4.69. The summed E-state index contributed by atoms with van der Waals surface area (Å²) < 4.78 is 4.94. The largest absolute Gasteiger partial charge is 0.478 e. The molecule has 0 aliphatic rings. The molecule has 0 aliphatic carbocycles. The average Bonchev–Trinajstić information content (AvgIpc) is 2.21. The number of aromatic nitrogens is 1. The molecule has 0 bridgehead atoms. The van der Waals surface area contributed by atoms with Crippen molar-refractivity contribution in [1.29, 1.82) is 0 Å². The van der Waals surface area contributed by atoms with Crippen molar-refractivity contribution >= 4 is 23.4 Å². The predicted molar refractivity (Wildman–Crippen MR) is 61.2 cm³/mol. The van der Waals surface area contributed by atoms with E-state index in [-0.39, 0.29) is 16.6 Å². The van der Waals surface area contributed by atoms with E-state index in [2.05, 4.69) is 10.3 Å². The third kappa shape index (κ3) is 3.08. The Morgan fingerprint density at radius 1 is 1.75 bits per heavy atom. The highest BCUT2D eigenvalue weighted by Crippen LogP contribution is 2.23. The molecule has 0 aromatic carbocycles. The summed E-state index contributed by atoms with van der Waals surface area (Å²) in [6.45, 7) is 2.37. The number of nitrogens with zero attached hydrogens (tertiary/aromatic N) is 1. The van der Waals surface area contributed by atoms with Gasteiger partial charge in [0.05, 0.1) is 17.2 Å². The smallest absolute Gasteiger partial charge is 0.337 e. The van der Waals surface area contributed by atoms with E-state index in [1.54, 1.807) is 7.11 Å². The van der Waals surface area contributed by atoms with Crippen molar-refractivity contribution in [2.24, 2.45) is 0 Å². The summed E-state index contributed by atoms with van der Waals surface area (Å²) in [7, 11) is 1.58. The number of aromatic carboxylic acids is 1. The SMILES string of the molecule is COCC(C)Nc1nccc(C(=O)O)c1Cl. The second kappa shape index (κ2) is 5.67. The molecule has 6 heteroatoms. The van der Waals surface area contributed by atoms with Crippen molar-refractivity contribution < 1.29 is 14.6 Å². The number of nitrogens with one attached hydrogen (secondary N) is 1. The van der Waals surface area contributed by atoms with Crippen LogP contribution in [0.3, 0.4) is 0 Å². The third-order valence-corrected chi connectivity index (χ3v) is 2.30. The molecule has 5 nitrogen and oxygen atoms in total. The Bertz CT molecular complexity index is 384. The van der Waals surface area contributed by atoms with E-state index in [4.69, 9.17) is 21.4 Å². The number of carboxylic acids is 1. The summed E-state index contributed by atoms with van der Waals surface area (Å²) in [6, 6.07) is 1.36. The highest BCUT2D eigenvalue weighted by atomic mass is 35.5. The fourth-order valence-corrected chi connectivity index (χ4v) is 1.48. The second-order valence-corrected chi connectivity index (χ2v) is 3.70. The zero-order chi connectivity index (χ0) is 12.1. The van der Waals surface area contributed by atoms with Crippen LogP contribution in [-0.2, 0) is 4.74 Å². The molecule has 0 spiro atoms. The summed E-state index contributed by atoms with van der Waals surface area (Å²) in [5, 5.41) is 11.9. The maximum atomic E-state index is 10.8. The van der Waals surface area contributed by atoms with E-state index >= 15 is 0 Å². The number of methoxy groups -OCH3 is 1. The van der Waals surface area contributed by atoms with Crippen LogP contribution in [0, 0.1) is 0 Å². The molecule has 1 aromatic rings. The second-order valence-electron chi connectivity index (χ2n) is 3.33. The number of carboxylic acid groups (broad SMARTS) is 1. The molecule has 0 fully saturated rings. The van der Waals surface area contributed by atoms with Crippen LogP contribution in [0.4, 0.5) is 5.82 Å². The molecule has 1 unspecified atom stereocenters. The van der Waals surface area contributed by atoms with Crippen molar-refractivity contribution in [2.75, 3.05) is 19.0 Å². The molecule has 0 aliphatic heterocycles. The van der Waals surface area contributed by atoms with E-state index in [0.29, 0.717) is 12.4 Å². The van der Waals surface area contributed by atoms with Crippen molar-refractivity contribution in [1.82, 2.24) is 4.98 Å². The molecule has 0 radical (unpaired) electrons. The normalized spacial score (nSPS) is 12.2. The summed E-state index contributed by atoms with van der Waals surface area (Å²) >= 11 is 5.90. The maximum absolute atomic E-state index is 10.8. The lowest BCUT2D eigenvalue weighted by Crippen LogP contribution is -2.22. The zero-order valence-electron chi connectivity index (χ0n) is 9.03. The first-order chi connectivity index (χ1) is 7.56. The Labute approximate surface area is 98.4 Å². The Balaban J connectivity index is 2.89. The van der Waals surface area contributed by atoms with Gasteiger partial charge in [-0.2, -0.15) is 0 Å². The topological polar surface area (TPSA) is 71.5 Å². The molecule has 16 heavy (non-hydrogen) atoms. The van der Waals surface area contributed by atoms with Crippen LogP contribution in [0.2, 0.25) is 5.02 Å². The predicted octanol–water partition coefficient (Wildman–Crippen LogP) is 1.88. The first kappa shape index (κ1) is 12.7. The highest BCUT2D eigenvalue weighted by molar-refractivity contribution is 6.35. The van der Waals surface area contributed by atoms with E-state index in [1.807, 2.05) is 6.92 Å². The van der Waals surface area contributed by atoms with Crippen molar-refractivity contribution in [2.45, 2.75) is 13.0 Å². The van der Waals surface area contributed by atoms with Crippen molar-refractivity contribution in [3.05, 3.63) is 22.8 Å². The number of anilines is 1. The minimum Gasteiger partial charge on any atom is -0.478 e. The van der Waals surface area contributed by atoms with Crippen molar-refractivity contribution in [3.8, 4) is 0 Å². The quantitative estimate of drug-likeness (QED) is 0.828. The summed E-state index contributed by atoms with van der Waals surface area (Å²) in [5.41, 5.74) is 0.0313. The Morgan fingerprint density at radius 2 is 2.44 bits per heavy atom. The molecule has 88 valence electrons. The van der Waals surface area contributed by atoms with Crippen LogP contribution >= 0.6 is 11.6 Å². The summed E-state index contributed by atoms with van der Waals surface area (Å²) in [5.74, 6) is -0.721. The molecular weight excluding hydrogens is 232 g/mol. The molecule has 1 aromatic heterocycles. The first-order valence-corrected chi connectivity index (χ1v) is 5.07. The molecule has 0 saturated heterocycles. The van der Waals surface area contributed by atoms with Crippen molar-refractivity contribution in [3.63, 3.8) is 0 Å². The molecule has 0 amide bonds. The number of hydrogen-bond acceptors (Lipinski definition) is 4. The molecule has 1 atom stereocenters. The number of pyridine rings is 1. The van der Waals surface area contributed by atoms with Gasteiger partial charge in [0.2, 0.25) is 0 Å². The average molecular weight is 245 g/mol. The number of hydrogen-bond donors (Lipinski definition) is 2. The third-order valence-electron chi connectivity index (χ3n) is 1.92. The maximum Gasteiger partial charge on any atom is 0.337 e. The van der Waals surface area contributed by atoms with E-state index in [0.717, 1.165) is 0 Å². The highest BCUT2D eigenvalue weighted by Gasteiger charge is 2.14. The molecule has 1 rings (SSSR count). The minimum atomic E-state index is -1.07.